The molecule has 0 atom stereocenters. The van der Waals surface area contributed by atoms with Crippen molar-refractivity contribution >= 4 is 17.4 Å². The van der Waals surface area contributed by atoms with Crippen molar-refractivity contribution in [1.82, 2.24) is 29.4 Å². The molecule has 1 amide bonds. The van der Waals surface area contributed by atoms with E-state index in [4.69, 9.17) is 0 Å². The number of imidazole rings is 1. The zero-order valence-corrected chi connectivity index (χ0v) is 17.0. The molecule has 0 unspecified atom stereocenters. The van der Waals surface area contributed by atoms with Gasteiger partial charge in [0.15, 0.2) is 11.4 Å². The highest BCUT2D eigenvalue weighted by atomic mass is 19.4. The molecule has 0 aliphatic heterocycles. The number of carbonyl (C=O) groups excluding carboxylic acids is 1. The van der Waals surface area contributed by atoms with E-state index in [1.807, 2.05) is 0 Å². The summed E-state index contributed by atoms with van der Waals surface area (Å²) in [6.45, 7) is 0. The topological polar surface area (TPSA) is 90.0 Å². The number of rotatable bonds is 4. The molecule has 3 aromatic heterocycles. The number of anilines is 1. The summed E-state index contributed by atoms with van der Waals surface area (Å²) in [6, 6.07) is 12.3. The van der Waals surface area contributed by atoms with Crippen LogP contribution in [0.25, 0.3) is 22.7 Å². The van der Waals surface area contributed by atoms with E-state index in [0.717, 1.165) is 29.8 Å². The number of aromatic nitrogens is 6. The Morgan fingerprint density at radius 2 is 1.74 bits per heavy atom. The molecule has 2 aromatic carbocycles. The Bertz CT molecular complexity index is 1460. The summed E-state index contributed by atoms with van der Waals surface area (Å²) < 4.78 is 56.7. The van der Waals surface area contributed by atoms with Crippen LogP contribution in [-0.4, -0.2) is 35.3 Å². The van der Waals surface area contributed by atoms with Gasteiger partial charge in [0.2, 0.25) is 5.78 Å². The summed E-state index contributed by atoms with van der Waals surface area (Å²) in [4.78, 5) is 21.2. The lowest BCUT2D eigenvalue weighted by Gasteiger charge is -2.11. The molecule has 8 nitrogen and oxygen atoms in total. The third-order valence-corrected chi connectivity index (χ3v) is 4.90. The number of halogens is 4. The summed E-state index contributed by atoms with van der Waals surface area (Å²) in [5.74, 6) is -1.21. The Balaban J connectivity index is 1.41. The maximum atomic E-state index is 13.8. The molecule has 1 N–H and O–H groups in total. The third-order valence-electron chi connectivity index (χ3n) is 4.90. The number of amides is 1. The van der Waals surface area contributed by atoms with Crippen LogP contribution in [0.4, 0.5) is 23.2 Å². The van der Waals surface area contributed by atoms with E-state index < -0.39 is 29.3 Å². The standard InChI is InChI=1S/C22H13F4N7O/c23-14-4-8-16(9-5-14)33-19(22(24,25)26)18(30-31-33)20(34)28-15-6-2-13(3-7-15)17-12-32-11-1-10-27-21(32)29-17/h1-12H,(H,28,34). The average Bonchev–Trinajstić information content (AvgIpc) is 3.45. The quantitative estimate of drug-likeness (QED) is 0.396. The maximum Gasteiger partial charge on any atom is 0.435 e. The first-order valence-corrected chi connectivity index (χ1v) is 9.80. The summed E-state index contributed by atoms with van der Waals surface area (Å²) in [6.07, 6.45) is 0.252. The number of nitrogens with one attached hydrogen (secondary N) is 1. The lowest BCUT2D eigenvalue weighted by molar-refractivity contribution is -0.143. The zero-order chi connectivity index (χ0) is 23.9. The van der Waals surface area contributed by atoms with Crippen LogP contribution in [0.3, 0.4) is 0 Å². The second-order valence-corrected chi connectivity index (χ2v) is 7.16. The number of alkyl halides is 3. The van der Waals surface area contributed by atoms with Crippen LogP contribution in [-0.2, 0) is 6.18 Å². The minimum Gasteiger partial charge on any atom is -0.321 e. The van der Waals surface area contributed by atoms with Crippen molar-refractivity contribution in [2.75, 3.05) is 5.32 Å². The highest BCUT2D eigenvalue weighted by Crippen LogP contribution is 2.33. The van der Waals surface area contributed by atoms with Crippen LogP contribution >= 0.6 is 0 Å². The molecule has 170 valence electrons. The van der Waals surface area contributed by atoms with E-state index in [1.54, 1.807) is 41.2 Å². The fraction of sp³-hybridized carbons (Fsp3) is 0.0455. The van der Waals surface area contributed by atoms with E-state index in [2.05, 4.69) is 25.6 Å². The summed E-state index contributed by atoms with van der Waals surface area (Å²) >= 11 is 0. The van der Waals surface area contributed by atoms with E-state index in [-0.39, 0.29) is 11.4 Å². The molecular formula is C22H13F4N7O. The van der Waals surface area contributed by atoms with Crippen LogP contribution < -0.4 is 5.32 Å². The van der Waals surface area contributed by atoms with Crippen LogP contribution in [0, 0.1) is 5.82 Å². The first-order chi connectivity index (χ1) is 16.3. The van der Waals surface area contributed by atoms with Gasteiger partial charge in [0.05, 0.1) is 11.4 Å². The lowest BCUT2D eigenvalue weighted by atomic mass is 10.1. The second kappa shape index (κ2) is 8.06. The van der Waals surface area contributed by atoms with Gasteiger partial charge in [0.25, 0.3) is 5.91 Å². The first kappa shape index (κ1) is 21.2. The first-order valence-electron chi connectivity index (χ1n) is 9.80. The van der Waals surface area contributed by atoms with Crippen LogP contribution in [0.2, 0.25) is 0 Å². The Labute approximate surface area is 188 Å². The molecule has 0 aliphatic carbocycles. The lowest BCUT2D eigenvalue weighted by Crippen LogP contribution is -2.21. The average molecular weight is 467 g/mol. The second-order valence-electron chi connectivity index (χ2n) is 7.16. The van der Waals surface area contributed by atoms with Gasteiger partial charge in [-0.15, -0.1) is 5.10 Å². The molecule has 0 saturated heterocycles. The van der Waals surface area contributed by atoms with Gasteiger partial charge >= 0.3 is 6.18 Å². The van der Waals surface area contributed by atoms with Crippen LogP contribution in [0.1, 0.15) is 16.2 Å². The van der Waals surface area contributed by atoms with Crippen molar-refractivity contribution in [3.8, 4) is 16.9 Å². The van der Waals surface area contributed by atoms with Gasteiger partial charge in [0, 0.05) is 29.8 Å². The SMILES string of the molecule is O=C(Nc1ccc(-c2cn3cccnc3n2)cc1)c1nnn(-c2ccc(F)cc2)c1C(F)(F)F. The van der Waals surface area contributed by atoms with Crippen molar-refractivity contribution in [2.45, 2.75) is 6.18 Å². The van der Waals surface area contributed by atoms with Gasteiger partial charge in [-0.25, -0.2) is 19.0 Å². The van der Waals surface area contributed by atoms with Crippen molar-refractivity contribution in [3.05, 3.63) is 90.4 Å². The van der Waals surface area contributed by atoms with Gasteiger partial charge in [-0.3, -0.25) is 9.20 Å². The fourth-order valence-corrected chi connectivity index (χ4v) is 3.34. The summed E-state index contributed by atoms with van der Waals surface area (Å²) in [7, 11) is 0. The smallest absolute Gasteiger partial charge is 0.321 e. The third kappa shape index (κ3) is 3.96. The molecule has 0 spiro atoms. The van der Waals surface area contributed by atoms with Crippen molar-refractivity contribution in [2.24, 2.45) is 0 Å². The molecule has 3 heterocycles. The predicted molar refractivity (Wildman–Crippen MR) is 113 cm³/mol. The van der Waals surface area contributed by atoms with Gasteiger partial charge in [-0.1, -0.05) is 17.3 Å². The largest absolute Gasteiger partial charge is 0.435 e. The summed E-state index contributed by atoms with van der Waals surface area (Å²) in [5, 5.41) is 9.30. The number of nitrogens with zero attached hydrogens (tertiary/aromatic N) is 6. The predicted octanol–water partition coefficient (Wildman–Crippen LogP) is 4.39. The van der Waals surface area contributed by atoms with E-state index >= 15 is 0 Å². The van der Waals surface area contributed by atoms with Gasteiger partial charge < -0.3 is 5.32 Å². The number of carbonyl (C=O) groups is 1. The van der Waals surface area contributed by atoms with Gasteiger partial charge in [0.1, 0.15) is 5.82 Å². The van der Waals surface area contributed by atoms with Crippen LogP contribution in [0.5, 0.6) is 0 Å². The maximum absolute atomic E-state index is 13.8. The highest BCUT2D eigenvalue weighted by Gasteiger charge is 2.42. The molecule has 0 bridgehead atoms. The molecule has 34 heavy (non-hydrogen) atoms. The molecule has 5 aromatic rings. The normalized spacial score (nSPS) is 11.6. The van der Waals surface area contributed by atoms with Crippen LogP contribution in [0.15, 0.2) is 73.2 Å². The van der Waals surface area contributed by atoms with E-state index in [1.165, 1.54) is 12.1 Å². The van der Waals surface area contributed by atoms with E-state index in [9.17, 15) is 22.4 Å². The Hall–Kier alpha value is -4.61. The summed E-state index contributed by atoms with van der Waals surface area (Å²) in [5.41, 5.74) is -0.760. The minimum absolute atomic E-state index is 0.0911. The molecule has 12 heteroatoms. The Kier molecular flexibility index (Phi) is 5.04. The molecular weight excluding hydrogens is 454 g/mol. The Morgan fingerprint density at radius 1 is 1.00 bits per heavy atom. The fourth-order valence-electron chi connectivity index (χ4n) is 3.34. The minimum atomic E-state index is -4.94. The zero-order valence-electron chi connectivity index (χ0n) is 17.0. The van der Waals surface area contributed by atoms with Crippen molar-refractivity contribution in [1.29, 1.82) is 0 Å². The van der Waals surface area contributed by atoms with Crippen molar-refractivity contribution in [3.63, 3.8) is 0 Å². The monoisotopic (exact) mass is 467 g/mol. The number of fused-ring (bicyclic) bond motifs is 1. The molecule has 0 radical (unpaired) electrons. The number of hydrogen-bond acceptors (Lipinski definition) is 5. The van der Waals surface area contributed by atoms with E-state index in [0.29, 0.717) is 16.2 Å². The highest BCUT2D eigenvalue weighted by molar-refractivity contribution is 6.03. The molecule has 0 aliphatic rings. The number of benzene rings is 2. The number of hydrogen-bond donors (Lipinski definition) is 1. The van der Waals surface area contributed by atoms with Crippen molar-refractivity contribution < 1.29 is 22.4 Å². The molecule has 5 rings (SSSR count). The van der Waals surface area contributed by atoms with Gasteiger partial charge in [-0.05, 0) is 42.5 Å². The Morgan fingerprint density at radius 3 is 2.41 bits per heavy atom. The molecule has 0 fully saturated rings. The van der Waals surface area contributed by atoms with Gasteiger partial charge in [-0.2, -0.15) is 13.2 Å². The molecule has 0 saturated carbocycles.